The molecule has 0 unspecified atom stereocenters. The zero-order chi connectivity index (χ0) is 17.3. The van der Waals surface area contributed by atoms with Crippen LogP contribution in [0, 0.1) is 0 Å². The molecular weight excluding hydrogens is 279 g/mol. The van der Waals surface area contributed by atoms with Crippen LogP contribution >= 0.6 is 0 Å². The predicted molar refractivity (Wildman–Crippen MR) is 83.3 cm³/mol. The molecular formula is C15H35FO5. The van der Waals surface area contributed by atoms with E-state index in [-0.39, 0.29) is 0 Å². The summed E-state index contributed by atoms with van der Waals surface area (Å²) in [5.74, 6) is 0. The second kappa shape index (κ2) is 31.9. The zero-order valence-electron chi connectivity index (χ0n) is 15.2. The fourth-order valence-electron chi connectivity index (χ4n) is 0.981. The van der Waals surface area contributed by atoms with Gasteiger partial charge in [-0.2, -0.15) is 4.94 Å². The molecule has 6 heteroatoms. The van der Waals surface area contributed by atoms with Crippen LogP contribution in [0.2, 0.25) is 0 Å². The molecule has 0 rings (SSSR count). The number of unbranched alkanes of at least 4 members (excludes halogenated alkanes) is 2. The van der Waals surface area contributed by atoms with E-state index in [9.17, 15) is 4.53 Å². The first-order valence-corrected chi connectivity index (χ1v) is 7.41. The third kappa shape index (κ3) is 45.1. The minimum atomic E-state index is -0.597. The van der Waals surface area contributed by atoms with Crippen LogP contribution in [-0.4, -0.2) is 60.9 Å². The average molecular weight is 316 g/mol. The largest absolute Gasteiger partial charge is 0.382 e. The van der Waals surface area contributed by atoms with Gasteiger partial charge in [0.05, 0.1) is 34.9 Å². The maximum Gasteiger partial charge on any atom is 0.0766 e. The summed E-state index contributed by atoms with van der Waals surface area (Å²) in [4.78, 5) is 2.71. The summed E-state index contributed by atoms with van der Waals surface area (Å²) in [6.07, 6.45) is 4.72. The summed E-state index contributed by atoms with van der Waals surface area (Å²) in [5.41, 5.74) is 0. The second-order valence-electron chi connectivity index (χ2n) is 4.03. The van der Waals surface area contributed by atoms with Crippen molar-refractivity contribution >= 4 is 0 Å². The molecule has 0 aromatic heterocycles. The Labute approximate surface area is 131 Å². The van der Waals surface area contributed by atoms with Crippen molar-refractivity contribution in [1.29, 1.82) is 0 Å². The number of hydrogen-bond donors (Lipinski definition) is 0. The maximum atomic E-state index is 10.0. The van der Waals surface area contributed by atoms with Crippen LogP contribution in [0.1, 0.15) is 40.9 Å². The monoisotopic (exact) mass is 316 g/mol. The van der Waals surface area contributed by atoms with E-state index >= 15 is 0 Å². The molecule has 0 aliphatic carbocycles. The molecule has 0 bridgehead atoms. The van der Waals surface area contributed by atoms with E-state index in [0.717, 1.165) is 39.3 Å². The molecule has 0 atom stereocenters. The minimum Gasteiger partial charge on any atom is -0.382 e. The van der Waals surface area contributed by atoms with Crippen LogP contribution in [0.25, 0.3) is 0 Å². The number of methoxy groups -OCH3 is 2. The molecule has 0 aromatic carbocycles. The van der Waals surface area contributed by atoms with E-state index in [4.69, 9.17) is 20.3 Å². The van der Waals surface area contributed by atoms with Gasteiger partial charge in [-0.3, -0.25) is 0 Å². The van der Waals surface area contributed by atoms with Crippen molar-refractivity contribution in [2.24, 2.45) is 0 Å². The van der Waals surface area contributed by atoms with Gasteiger partial charge < -0.3 is 18.9 Å². The molecule has 0 amide bonds. The number of rotatable bonds is 12. The highest BCUT2D eigenvalue weighted by atomic mass is 19.3. The third-order valence-corrected chi connectivity index (χ3v) is 2.15. The highest BCUT2D eigenvalue weighted by molar-refractivity contribution is 4.32. The summed E-state index contributed by atoms with van der Waals surface area (Å²) < 4.78 is 35.9. The molecule has 0 aliphatic heterocycles. The van der Waals surface area contributed by atoms with Crippen LogP contribution < -0.4 is 0 Å². The lowest BCUT2D eigenvalue weighted by atomic mass is 10.4. The van der Waals surface area contributed by atoms with E-state index in [1.807, 2.05) is 0 Å². The van der Waals surface area contributed by atoms with E-state index in [1.165, 1.54) is 12.8 Å². The van der Waals surface area contributed by atoms with E-state index in [1.54, 1.807) is 14.2 Å². The Balaban J connectivity index is -0.000000266. The zero-order valence-corrected chi connectivity index (χ0v) is 14.2. The summed E-state index contributed by atoms with van der Waals surface area (Å²) in [6.45, 7) is 8.94. The molecule has 132 valence electrons. The van der Waals surface area contributed by atoms with Gasteiger partial charge in [0.1, 0.15) is 0 Å². The van der Waals surface area contributed by atoms with Crippen molar-refractivity contribution < 1.29 is 29.8 Å². The number of ether oxygens (including phenoxy) is 4. The van der Waals surface area contributed by atoms with Gasteiger partial charge in [-0.25, -0.2) is 0 Å². The highest BCUT2D eigenvalue weighted by Gasteiger charge is 1.85. The van der Waals surface area contributed by atoms with Crippen LogP contribution in [0.4, 0.5) is 4.53 Å². The normalized spacial score (nSPS) is 10.0. The van der Waals surface area contributed by atoms with Crippen LogP contribution in [0.15, 0.2) is 0 Å². The van der Waals surface area contributed by atoms with Crippen molar-refractivity contribution in [3.63, 3.8) is 0 Å². The minimum absolute atomic E-state index is 0.597. The first-order valence-electron chi connectivity index (χ1n) is 8.11. The quantitative estimate of drug-likeness (QED) is 0.516. The van der Waals surface area contributed by atoms with Gasteiger partial charge in [0.2, 0.25) is 0 Å². The Kier molecular flexibility index (Phi) is 34.9. The lowest BCUT2D eigenvalue weighted by Gasteiger charge is -2.00. The summed E-state index contributed by atoms with van der Waals surface area (Å²) in [5, 5.41) is 0. The Hall–Kier alpha value is -0.270. The molecule has 0 N–H and O–H groups in total. The SMILES string of the molecule is CCCCOCCOC.CCCCOCCOC.[3H]COF. The first-order chi connectivity index (χ1) is 10.7. The van der Waals surface area contributed by atoms with Crippen LogP contribution in [0.3, 0.4) is 0 Å². The Morgan fingerprint density at radius 1 is 0.762 bits per heavy atom. The molecule has 0 saturated carbocycles. The van der Waals surface area contributed by atoms with Crippen molar-refractivity contribution in [1.82, 2.24) is 0 Å². The summed E-state index contributed by atoms with van der Waals surface area (Å²) in [7, 11) is 2.77. The Morgan fingerprint density at radius 2 is 1.14 bits per heavy atom. The topological polar surface area (TPSA) is 46.2 Å². The van der Waals surface area contributed by atoms with Gasteiger partial charge in [0.15, 0.2) is 0 Å². The molecule has 5 nitrogen and oxygen atoms in total. The van der Waals surface area contributed by atoms with E-state index < -0.39 is 7.09 Å². The first kappa shape index (κ1) is 23.0. The van der Waals surface area contributed by atoms with E-state index in [2.05, 4.69) is 18.8 Å². The van der Waals surface area contributed by atoms with Crippen molar-refractivity contribution in [2.75, 3.05) is 60.9 Å². The summed E-state index contributed by atoms with van der Waals surface area (Å²) >= 11 is 0. The van der Waals surface area contributed by atoms with Crippen LogP contribution in [-0.2, 0) is 23.9 Å². The standard InChI is InChI=1S/2C7H16O2.CH3FO/c2*1-3-4-5-9-7-6-8-2;1-3-2/h2*3-7H2,1-2H3;1H3/i;;1T. The van der Waals surface area contributed by atoms with Gasteiger partial charge >= 0.3 is 0 Å². The lowest BCUT2D eigenvalue weighted by molar-refractivity contribution is -0.0960. The fourth-order valence-corrected chi connectivity index (χ4v) is 0.981. The van der Waals surface area contributed by atoms with Crippen LogP contribution in [0.5, 0.6) is 0 Å². The second-order valence-corrected chi connectivity index (χ2v) is 4.03. The van der Waals surface area contributed by atoms with Gasteiger partial charge in [-0.1, -0.05) is 26.7 Å². The molecule has 0 heterocycles. The smallest absolute Gasteiger partial charge is 0.0766 e. The predicted octanol–water partition coefficient (Wildman–Crippen LogP) is 3.42. The van der Waals surface area contributed by atoms with Gasteiger partial charge in [0, 0.05) is 27.4 Å². The molecule has 21 heavy (non-hydrogen) atoms. The summed E-state index contributed by atoms with van der Waals surface area (Å²) in [6, 6.07) is 0. The number of halogens is 1. The average Bonchev–Trinajstić information content (AvgIpc) is 2.55. The Bertz CT molecular complexity index is 128. The van der Waals surface area contributed by atoms with Crippen molar-refractivity contribution in [2.45, 2.75) is 39.5 Å². The molecule has 0 spiro atoms. The molecule has 0 aliphatic rings. The fraction of sp³-hybridized carbons (Fsp3) is 1.00. The molecule has 0 radical (unpaired) electrons. The van der Waals surface area contributed by atoms with Gasteiger partial charge in [-0.05, 0) is 17.4 Å². The third-order valence-electron chi connectivity index (χ3n) is 2.15. The maximum absolute atomic E-state index is 10.0. The van der Waals surface area contributed by atoms with Gasteiger partial charge in [-0.15, -0.1) is 0 Å². The molecule has 0 aromatic rings. The molecule has 0 saturated heterocycles. The van der Waals surface area contributed by atoms with E-state index in [0.29, 0.717) is 13.2 Å². The van der Waals surface area contributed by atoms with Gasteiger partial charge in [0.25, 0.3) is 0 Å². The van der Waals surface area contributed by atoms with Crippen molar-refractivity contribution in [3.05, 3.63) is 0 Å². The number of hydrogen-bond acceptors (Lipinski definition) is 5. The lowest BCUT2D eigenvalue weighted by Crippen LogP contribution is -2.02. The molecule has 0 fully saturated rings. The highest BCUT2D eigenvalue weighted by Crippen LogP contribution is 1.87. The van der Waals surface area contributed by atoms with Crippen molar-refractivity contribution in [3.8, 4) is 0 Å². The Morgan fingerprint density at radius 3 is 1.38 bits per heavy atom.